The molecule has 2 aliphatic heterocycles. The van der Waals surface area contributed by atoms with Gasteiger partial charge in [-0.15, -0.1) is 0 Å². The number of rotatable bonds is 3. The van der Waals surface area contributed by atoms with E-state index in [1.165, 1.54) is 0 Å². The summed E-state index contributed by atoms with van der Waals surface area (Å²) in [7, 11) is 0. The molecule has 8 nitrogen and oxygen atoms in total. The first-order valence-corrected chi connectivity index (χ1v) is 10.6. The number of benzene rings is 1. The summed E-state index contributed by atoms with van der Waals surface area (Å²) in [5.74, 6) is 0.725. The number of imidazole rings is 1. The van der Waals surface area contributed by atoms with Crippen LogP contribution in [0.2, 0.25) is 0 Å². The number of para-hydroxylation sites is 2. The van der Waals surface area contributed by atoms with Crippen LogP contribution in [0.25, 0.3) is 11.0 Å². The van der Waals surface area contributed by atoms with Gasteiger partial charge < -0.3 is 14.4 Å². The normalized spacial score (nSPS) is 28.6. The number of hydrogen-bond donors (Lipinski definition) is 2. The van der Waals surface area contributed by atoms with Crippen molar-refractivity contribution < 1.29 is 9.59 Å². The van der Waals surface area contributed by atoms with Gasteiger partial charge in [0.1, 0.15) is 6.04 Å². The molecule has 29 heavy (non-hydrogen) atoms. The zero-order valence-corrected chi connectivity index (χ0v) is 16.8. The van der Waals surface area contributed by atoms with Crippen LogP contribution in [-0.2, 0) is 9.59 Å². The third kappa shape index (κ3) is 3.30. The van der Waals surface area contributed by atoms with Crippen LogP contribution < -0.4 is 10.9 Å². The second kappa shape index (κ2) is 7.42. The van der Waals surface area contributed by atoms with Crippen LogP contribution in [0, 0.1) is 5.92 Å². The molecule has 0 bridgehead atoms. The Balaban J connectivity index is 1.24. The van der Waals surface area contributed by atoms with E-state index in [2.05, 4.69) is 15.8 Å². The highest BCUT2D eigenvalue weighted by atomic mass is 16.2. The Kier molecular flexibility index (Phi) is 4.75. The smallest absolute Gasteiger partial charge is 0.245 e. The van der Waals surface area contributed by atoms with Crippen molar-refractivity contribution in [2.45, 2.75) is 44.3 Å². The Hall–Kier alpha value is -2.45. The third-order valence-corrected chi connectivity index (χ3v) is 6.88. The molecule has 4 atom stereocenters. The van der Waals surface area contributed by atoms with Gasteiger partial charge in [-0.2, -0.15) is 0 Å². The molecule has 2 saturated heterocycles. The van der Waals surface area contributed by atoms with E-state index in [-0.39, 0.29) is 30.4 Å². The predicted octanol–water partition coefficient (Wildman–Crippen LogP) is 0.913. The predicted molar refractivity (Wildman–Crippen MR) is 109 cm³/mol. The van der Waals surface area contributed by atoms with E-state index in [1.807, 2.05) is 40.7 Å². The quantitative estimate of drug-likeness (QED) is 0.806. The Bertz CT molecular complexity index is 927. The van der Waals surface area contributed by atoms with Crippen molar-refractivity contribution in [3.8, 4) is 0 Å². The molecule has 4 unspecified atom stereocenters. The minimum absolute atomic E-state index is 0.0217. The van der Waals surface area contributed by atoms with Crippen molar-refractivity contribution >= 4 is 22.8 Å². The van der Waals surface area contributed by atoms with Crippen molar-refractivity contribution in [3.05, 3.63) is 30.6 Å². The summed E-state index contributed by atoms with van der Waals surface area (Å²) in [6.45, 7) is 4.29. The number of piperazine rings is 1. The largest absolute Gasteiger partial charge is 0.336 e. The van der Waals surface area contributed by atoms with Crippen LogP contribution in [0.1, 0.15) is 32.2 Å². The lowest BCUT2D eigenvalue weighted by molar-refractivity contribution is -0.149. The van der Waals surface area contributed by atoms with Crippen LogP contribution in [0.5, 0.6) is 0 Å². The van der Waals surface area contributed by atoms with Crippen LogP contribution >= 0.6 is 0 Å². The first-order valence-electron chi connectivity index (χ1n) is 10.6. The number of nitrogens with one attached hydrogen (secondary N) is 2. The Morgan fingerprint density at radius 1 is 1.24 bits per heavy atom. The topological polar surface area (TPSA) is 82.5 Å². The lowest BCUT2D eigenvalue weighted by Gasteiger charge is -2.43. The fourth-order valence-corrected chi connectivity index (χ4v) is 5.17. The molecule has 8 heteroatoms. The number of fused-ring (bicyclic) bond motifs is 2. The number of aromatic nitrogens is 2. The Morgan fingerprint density at radius 2 is 2.10 bits per heavy atom. The average Bonchev–Trinajstić information content (AvgIpc) is 3.39. The second-order valence-electron chi connectivity index (χ2n) is 8.52. The molecular formula is C21H28N6O2. The van der Waals surface area contributed by atoms with Gasteiger partial charge in [-0.3, -0.25) is 20.4 Å². The van der Waals surface area contributed by atoms with Gasteiger partial charge in [0.05, 0.1) is 23.9 Å². The number of carbonyl (C=O) groups excluding carboxylic acids is 2. The summed E-state index contributed by atoms with van der Waals surface area (Å²) in [4.78, 5) is 34.1. The molecule has 3 heterocycles. The lowest BCUT2D eigenvalue weighted by Crippen LogP contribution is -2.58. The highest BCUT2D eigenvalue weighted by molar-refractivity contribution is 5.89. The van der Waals surface area contributed by atoms with Gasteiger partial charge in [0.2, 0.25) is 11.8 Å². The molecule has 1 aromatic heterocycles. The third-order valence-electron chi connectivity index (χ3n) is 6.88. The summed E-state index contributed by atoms with van der Waals surface area (Å²) >= 11 is 0. The molecule has 2 aromatic rings. The maximum absolute atomic E-state index is 13.1. The van der Waals surface area contributed by atoms with Gasteiger partial charge in [0.25, 0.3) is 0 Å². The molecule has 0 radical (unpaired) electrons. The molecule has 1 aliphatic carbocycles. The number of amides is 2. The van der Waals surface area contributed by atoms with Crippen molar-refractivity contribution in [2.75, 3.05) is 26.2 Å². The Morgan fingerprint density at radius 3 is 2.97 bits per heavy atom. The van der Waals surface area contributed by atoms with Gasteiger partial charge in [-0.1, -0.05) is 12.1 Å². The molecule has 5 rings (SSSR count). The number of hydrogen-bond acceptors (Lipinski definition) is 5. The molecular weight excluding hydrogens is 368 g/mol. The van der Waals surface area contributed by atoms with Crippen molar-refractivity contribution in [1.29, 1.82) is 0 Å². The molecule has 2 amide bonds. The van der Waals surface area contributed by atoms with Gasteiger partial charge in [-0.25, -0.2) is 4.98 Å². The van der Waals surface area contributed by atoms with Gasteiger partial charge in [0, 0.05) is 31.7 Å². The maximum atomic E-state index is 13.1. The minimum atomic E-state index is -0.383. The van der Waals surface area contributed by atoms with Crippen molar-refractivity contribution in [2.24, 2.45) is 5.92 Å². The molecule has 1 aromatic carbocycles. The number of carbonyl (C=O) groups is 2. The maximum Gasteiger partial charge on any atom is 0.245 e. The summed E-state index contributed by atoms with van der Waals surface area (Å²) in [6, 6.07) is 8.15. The van der Waals surface area contributed by atoms with E-state index in [0.29, 0.717) is 25.0 Å². The summed E-state index contributed by atoms with van der Waals surface area (Å²) in [5, 5.41) is 0. The second-order valence-corrected chi connectivity index (χ2v) is 8.52. The fraction of sp³-hybridized carbons (Fsp3) is 0.571. The highest BCUT2D eigenvalue weighted by Gasteiger charge is 2.39. The highest BCUT2D eigenvalue weighted by Crippen LogP contribution is 2.30. The van der Waals surface area contributed by atoms with Gasteiger partial charge in [0.15, 0.2) is 0 Å². The molecule has 1 saturated carbocycles. The van der Waals surface area contributed by atoms with E-state index in [1.54, 1.807) is 11.2 Å². The number of nitrogens with zero attached hydrogens (tertiary/aromatic N) is 4. The zero-order chi connectivity index (χ0) is 20.0. The summed E-state index contributed by atoms with van der Waals surface area (Å²) in [5.41, 5.74) is 8.41. The summed E-state index contributed by atoms with van der Waals surface area (Å²) < 4.78 is 1.90. The Labute approximate surface area is 170 Å². The molecule has 154 valence electrons. The minimum Gasteiger partial charge on any atom is -0.336 e. The fourth-order valence-electron chi connectivity index (χ4n) is 5.17. The number of hydrazine groups is 1. The SMILES string of the molecule is CC(C(=O)N1CCN(C2CCC3CNNC3C2)C(=O)C1)n1cnc2ccccc21. The lowest BCUT2D eigenvalue weighted by atomic mass is 9.82. The molecule has 2 N–H and O–H groups in total. The molecule has 0 spiro atoms. The average molecular weight is 396 g/mol. The van der Waals surface area contributed by atoms with E-state index in [4.69, 9.17) is 0 Å². The zero-order valence-electron chi connectivity index (χ0n) is 16.8. The van der Waals surface area contributed by atoms with Crippen molar-refractivity contribution in [3.63, 3.8) is 0 Å². The summed E-state index contributed by atoms with van der Waals surface area (Å²) in [6.07, 6.45) is 4.91. The van der Waals surface area contributed by atoms with E-state index >= 15 is 0 Å². The van der Waals surface area contributed by atoms with E-state index in [0.717, 1.165) is 36.8 Å². The van der Waals surface area contributed by atoms with Gasteiger partial charge >= 0.3 is 0 Å². The van der Waals surface area contributed by atoms with Crippen LogP contribution in [0.4, 0.5) is 0 Å². The van der Waals surface area contributed by atoms with E-state index in [9.17, 15) is 9.59 Å². The van der Waals surface area contributed by atoms with Crippen LogP contribution in [0.3, 0.4) is 0 Å². The van der Waals surface area contributed by atoms with Crippen LogP contribution in [0.15, 0.2) is 30.6 Å². The standard InChI is InChI=1S/C21H28N6O2/c1-14(27-13-22-17-4-2-3-5-19(17)27)21(29)25-8-9-26(20(28)12-25)16-7-6-15-11-23-24-18(15)10-16/h2-5,13-16,18,23-24H,6-12H2,1H3. The van der Waals surface area contributed by atoms with Crippen LogP contribution in [-0.4, -0.2) is 69.4 Å². The first-order chi connectivity index (χ1) is 14.1. The monoisotopic (exact) mass is 396 g/mol. The first kappa shape index (κ1) is 18.6. The molecule has 3 aliphatic rings. The van der Waals surface area contributed by atoms with E-state index < -0.39 is 0 Å². The molecule has 3 fully saturated rings. The van der Waals surface area contributed by atoms with Crippen molar-refractivity contribution in [1.82, 2.24) is 30.2 Å². The van der Waals surface area contributed by atoms with Gasteiger partial charge in [-0.05, 0) is 44.2 Å².